The molecule has 1 aliphatic rings. The van der Waals surface area contributed by atoms with E-state index < -0.39 is 0 Å². The summed E-state index contributed by atoms with van der Waals surface area (Å²) in [6.45, 7) is 2.24. The topological polar surface area (TPSA) is 27.6 Å². The number of rotatable bonds is 3. The molecular formula is C14H21N3S. The predicted molar refractivity (Wildman–Crippen MR) is 79.3 cm³/mol. The first-order valence-electron chi connectivity index (χ1n) is 6.41. The Hall–Kier alpha value is -1.16. The van der Waals surface area contributed by atoms with E-state index in [4.69, 9.17) is 0 Å². The van der Waals surface area contributed by atoms with Crippen LogP contribution in [-0.2, 0) is 0 Å². The van der Waals surface area contributed by atoms with Gasteiger partial charge in [-0.3, -0.25) is 4.99 Å². The van der Waals surface area contributed by atoms with Crippen LogP contribution in [-0.4, -0.2) is 43.8 Å². The van der Waals surface area contributed by atoms with Gasteiger partial charge in [0, 0.05) is 37.8 Å². The summed E-state index contributed by atoms with van der Waals surface area (Å²) in [6.07, 6.45) is 1.26. The molecule has 3 nitrogen and oxygen atoms in total. The molecule has 1 fully saturated rings. The summed E-state index contributed by atoms with van der Waals surface area (Å²) in [5.41, 5.74) is 0. The molecule has 2 rings (SSSR count). The van der Waals surface area contributed by atoms with E-state index in [0.717, 1.165) is 25.0 Å². The molecular weight excluding hydrogens is 242 g/mol. The fraction of sp³-hybridized carbons (Fsp3) is 0.500. The van der Waals surface area contributed by atoms with E-state index in [1.165, 1.54) is 17.1 Å². The molecule has 1 aromatic carbocycles. The maximum Gasteiger partial charge on any atom is 0.193 e. The number of thioether (sulfide) groups is 1. The summed E-state index contributed by atoms with van der Waals surface area (Å²) in [6, 6.07) is 10.6. The van der Waals surface area contributed by atoms with Crippen LogP contribution in [0.2, 0.25) is 0 Å². The van der Waals surface area contributed by atoms with Crippen LogP contribution in [0.1, 0.15) is 6.42 Å². The first-order valence-corrected chi connectivity index (χ1v) is 7.39. The van der Waals surface area contributed by atoms with Gasteiger partial charge in [0.2, 0.25) is 0 Å². The highest BCUT2D eigenvalue weighted by Crippen LogP contribution is 2.25. The van der Waals surface area contributed by atoms with Crippen LogP contribution in [0.5, 0.6) is 0 Å². The lowest BCUT2D eigenvalue weighted by Crippen LogP contribution is -2.38. The summed E-state index contributed by atoms with van der Waals surface area (Å²) in [5.74, 6) is 2.98. The lowest BCUT2D eigenvalue weighted by Gasteiger charge is -2.19. The fourth-order valence-electron chi connectivity index (χ4n) is 2.30. The molecule has 98 valence electrons. The molecule has 0 amide bonds. The second kappa shape index (κ2) is 6.69. The molecule has 1 N–H and O–H groups in total. The van der Waals surface area contributed by atoms with Crippen LogP contribution in [0.3, 0.4) is 0 Å². The lowest BCUT2D eigenvalue weighted by molar-refractivity contribution is 0.480. The van der Waals surface area contributed by atoms with Gasteiger partial charge in [-0.2, -0.15) is 0 Å². The SMILES string of the molecule is CN=C(NC)N1CCC(CSc2ccccc2)C1. The number of hydrogen-bond donors (Lipinski definition) is 1. The quantitative estimate of drug-likeness (QED) is 0.515. The van der Waals surface area contributed by atoms with Crippen molar-refractivity contribution in [2.45, 2.75) is 11.3 Å². The third-order valence-electron chi connectivity index (χ3n) is 3.25. The summed E-state index contributed by atoms with van der Waals surface area (Å²) >= 11 is 1.96. The van der Waals surface area contributed by atoms with E-state index in [1.54, 1.807) is 0 Å². The lowest BCUT2D eigenvalue weighted by atomic mass is 10.2. The van der Waals surface area contributed by atoms with Crippen LogP contribution >= 0.6 is 11.8 Å². The molecule has 1 atom stereocenters. The normalized spacial score (nSPS) is 20.2. The van der Waals surface area contributed by atoms with E-state index in [1.807, 2.05) is 25.9 Å². The first-order chi connectivity index (χ1) is 8.83. The zero-order chi connectivity index (χ0) is 12.8. The molecule has 18 heavy (non-hydrogen) atoms. The molecule has 1 unspecified atom stereocenters. The number of benzene rings is 1. The van der Waals surface area contributed by atoms with Crippen molar-refractivity contribution in [3.8, 4) is 0 Å². The molecule has 1 saturated heterocycles. The minimum atomic E-state index is 0.764. The van der Waals surface area contributed by atoms with Gasteiger partial charge >= 0.3 is 0 Å². The number of aliphatic imine (C=N–C) groups is 1. The van der Waals surface area contributed by atoms with Crippen molar-refractivity contribution < 1.29 is 0 Å². The minimum Gasteiger partial charge on any atom is -0.359 e. The minimum absolute atomic E-state index is 0.764. The van der Waals surface area contributed by atoms with Gasteiger partial charge in [0.1, 0.15) is 0 Å². The third-order valence-corrected chi connectivity index (χ3v) is 4.49. The van der Waals surface area contributed by atoms with Crippen molar-refractivity contribution in [1.29, 1.82) is 0 Å². The first kappa shape index (κ1) is 13.3. The molecule has 0 spiro atoms. The van der Waals surface area contributed by atoms with Gasteiger partial charge in [-0.1, -0.05) is 18.2 Å². The Bertz CT molecular complexity index is 391. The molecule has 0 saturated carbocycles. The largest absolute Gasteiger partial charge is 0.359 e. The number of guanidine groups is 1. The third kappa shape index (κ3) is 3.42. The van der Waals surface area contributed by atoms with Gasteiger partial charge in [0.25, 0.3) is 0 Å². The summed E-state index contributed by atoms with van der Waals surface area (Å²) in [7, 11) is 3.78. The summed E-state index contributed by atoms with van der Waals surface area (Å²) < 4.78 is 0. The smallest absolute Gasteiger partial charge is 0.193 e. The van der Waals surface area contributed by atoms with Gasteiger partial charge in [-0.25, -0.2) is 0 Å². The van der Waals surface area contributed by atoms with Crippen molar-refractivity contribution in [2.24, 2.45) is 10.9 Å². The highest BCUT2D eigenvalue weighted by Gasteiger charge is 2.24. The van der Waals surface area contributed by atoms with Gasteiger partial charge in [0.15, 0.2) is 5.96 Å². The Morgan fingerprint density at radius 3 is 2.89 bits per heavy atom. The highest BCUT2D eigenvalue weighted by atomic mass is 32.2. The van der Waals surface area contributed by atoms with Gasteiger partial charge in [-0.15, -0.1) is 11.8 Å². The highest BCUT2D eigenvalue weighted by molar-refractivity contribution is 7.99. The second-order valence-electron chi connectivity index (χ2n) is 4.52. The molecule has 1 heterocycles. The number of hydrogen-bond acceptors (Lipinski definition) is 2. The number of nitrogens with one attached hydrogen (secondary N) is 1. The van der Waals surface area contributed by atoms with Gasteiger partial charge in [0.05, 0.1) is 0 Å². The van der Waals surface area contributed by atoms with E-state index in [2.05, 4.69) is 45.5 Å². The van der Waals surface area contributed by atoms with E-state index in [-0.39, 0.29) is 0 Å². The Balaban J connectivity index is 1.80. The van der Waals surface area contributed by atoms with Crippen LogP contribution in [0, 0.1) is 5.92 Å². The zero-order valence-corrected chi connectivity index (χ0v) is 11.9. The maximum absolute atomic E-state index is 4.27. The number of nitrogens with zero attached hydrogens (tertiary/aromatic N) is 2. The van der Waals surface area contributed by atoms with E-state index in [9.17, 15) is 0 Å². The predicted octanol–water partition coefficient (Wildman–Crippen LogP) is 2.31. The summed E-state index contributed by atoms with van der Waals surface area (Å²) in [5, 5.41) is 3.16. The van der Waals surface area contributed by atoms with E-state index in [0.29, 0.717) is 0 Å². The average molecular weight is 263 g/mol. The number of likely N-dealkylation sites (tertiary alicyclic amines) is 1. The molecule has 1 aromatic rings. The second-order valence-corrected chi connectivity index (χ2v) is 5.62. The van der Waals surface area contributed by atoms with Gasteiger partial charge in [-0.05, 0) is 24.5 Å². The van der Waals surface area contributed by atoms with Crippen LogP contribution in [0.15, 0.2) is 40.2 Å². The van der Waals surface area contributed by atoms with Crippen LogP contribution < -0.4 is 5.32 Å². The Labute approximate surface area is 114 Å². The fourth-order valence-corrected chi connectivity index (χ4v) is 3.35. The van der Waals surface area contributed by atoms with Crippen LogP contribution in [0.25, 0.3) is 0 Å². The molecule has 0 radical (unpaired) electrons. The molecule has 4 heteroatoms. The standard InChI is InChI=1S/C14H21N3S/c1-15-14(16-2)17-9-8-12(10-17)11-18-13-6-4-3-5-7-13/h3-7,12H,8-11H2,1-2H3,(H,15,16). The molecule has 0 bridgehead atoms. The van der Waals surface area contributed by atoms with Crippen molar-refractivity contribution in [2.75, 3.05) is 32.9 Å². The summed E-state index contributed by atoms with van der Waals surface area (Å²) in [4.78, 5) is 7.98. The Kier molecular flexibility index (Phi) is 4.93. The molecule has 0 aromatic heterocycles. The monoisotopic (exact) mass is 263 g/mol. The van der Waals surface area contributed by atoms with Crippen molar-refractivity contribution in [3.63, 3.8) is 0 Å². The average Bonchev–Trinajstić information content (AvgIpc) is 2.88. The van der Waals surface area contributed by atoms with Crippen molar-refractivity contribution in [1.82, 2.24) is 10.2 Å². The zero-order valence-electron chi connectivity index (χ0n) is 11.1. The van der Waals surface area contributed by atoms with Crippen molar-refractivity contribution in [3.05, 3.63) is 30.3 Å². The molecule has 1 aliphatic heterocycles. The Morgan fingerprint density at radius 2 is 2.22 bits per heavy atom. The Morgan fingerprint density at radius 1 is 1.44 bits per heavy atom. The van der Waals surface area contributed by atoms with E-state index >= 15 is 0 Å². The molecule has 0 aliphatic carbocycles. The maximum atomic E-state index is 4.27. The van der Waals surface area contributed by atoms with Gasteiger partial charge < -0.3 is 10.2 Å². The van der Waals surface area contributed by atoms with Crippen molar-refractivity contribution >= 4 is 17.7 Å². The van der Waals surface area contributed by atoms with Crippen LogP contribution in [0.4, 0.5) is 0 Å².